The monoisotopic (exact) mass is 317 g/mol. The molecule has 0 saturated carbocycles. The van der Waals surface area contributed by atoms with Gasteiger partial charge < -0.3 is 22.5 Å². The fourth-order valence-corrected chi connectivity index (χ4v) is 3.58. The highest BCUT2D eigenvalue weighted by atomic mass is 35.5. The Bertz CT molecular complexity index is 769. The SMILES string of the molecule is CC[N+]1=C(C)C(C)(C)c2c1cc(B(O)O)c1ccccc21.[Cl-]. The van der Waals surface area contributed by atoms with E-state index in [2.05, 4.69) is 38.3 Å². The minimum atomic E-state index is -1.46. The van der Waals surface area contributed by atoms with Gasteiger partial charge in [-0.3, -0.25) is 0 Å². The van der Waals surface area contributed by atoms with Crippen LogP contribution < -0.4 is 17.9 Å². The number of rotatable bonds is 2. The average Bonchev–Trinajstić information content (AvgIpc) is 2.65. The zero-order valence-electron chi connectivity index (χ0n) is 13.4. The molecule has 0 atom stereocenters. The summed E-state index contributed by atoms with van der Waals surface area (Å²) < 4.78 is 2.27. The normalized spacial score (nSPS) is 15.7. The van der Waals surface area contributed by atoms with Crippen LogP contribution in [-0.4, -0.2) is 34.0 Å². The van der Waals surface area contributed by atoms with E-state index in [-0.39, 0.29) is 17.8 Å². The van der Waals surface area contributed by atoms with E-state index in [9.17, 15) is 10.0 Å². The maximum atomic E-state index is 9.74. The standard InChI is InChI=1S/C17H21BNO2.ClH/c1-5-19-11(2)17(3,4)16-13-9-7-6-8-12(13)14(18(20)21)10-15(16)19;/h6-10,20-21H,5H2,1-4H3;1H/q+1;/p-1. The van der Waals surface area contributed by atoms with E-state index in [1.807, 2.05) is 24.3 Å². The lowest BCUT2D eigenvalue weighted by molar-refractivity contribution is -0.434. The molecule has 0 saturated heterocycles. The molecule has 1 aliphatic rings. The summed E-state index contributed by atoms with van der Waals surface area (Å²) in [4.78, 5) is 0. The van der Waals surface area contributed by atoms with Crippen molar-refractivity contribution in [2.75, 3.05) is 6.54 Å². The van der Waals surface area contributed by atoms with Gasteiger partial charge in [0.2, 0.25) is 5.69 Å². The fourth-order valence-electron chi connectivity index (χ4n) is 3.58. The number of hydrogen-bond donors (Lipinski definition) is 2. The molecule has 0 amide bonds. The van der Waals surface area contributed by atoms with Crippen LogP contribution in [0.3, 0.4) is 0 Å². The van der Waals surface area contributed by atoms with Gasteiger partial charge >= 0.3 is 7.12 Å². The van der Waals surface area contributed by atoms with Gasteiger partial charge in [-0.25, -0.2) is 0 Å². The molecule has 116 valence electrons. The van der Waals surface area contributed by atoms with Gasteiger partial charge in [0.25, 0.3) is 0 Å². The van der Waals surface area contributed by atoms with Crippen molar-refractivity contribution < 1.29 is 27.0 Å². The molecule has 0 aliphatic carbocycles. The lowest BCUT2D eigenvalue weighted by Gasteiger charge is -2.18. The Morgan fingerprint density at radius 2 is 1.73 bits per heavy atom. The summed E-state index contributed by atoms with van der Waals surface area (Å²) >= 11 is 0. The van der Waals surface area contributed by atoms with Gasteiger partial charge in [0.1, 0.15) is 6.54 Å². The van der Waals surface area contributed by atoms with Crippen molar-refractivity contribution in [2.24, 2.45) is 0 Å². The van der Waals surface area contributed by atoms with Gasteiger partial charge in [0, 0.05) is 18.6 Å². The van der Waals surface area contributed by atoms with E-state index in [4.69, 9.17) is 0 Å². The van der Waals surface area contributed by atoms with Crippen LogP contribution in [-0.2, 0) is 5.41 Å². The predicted octanol–water partition coefficient (Wildman–Crippen LogP) is -1.06. The van der Waals surface area contributed by atoms with E-state index in [1.54, 1.807) is 0 Å². The summed E-state index contributed by atoms with van der Waals surface area (Å²) in [5, 5.41) is 21.5. The van der Waals surface area contributed by atoms with Gasteiger partial charge in [0.15, 0.2) is 5.71 Å². The van der Waals surface area contributed by atoms with E-state index < -0.39 is 7.12 Å². The number of halogens is 1. The van der Waals surface area contributed by atoms with E-state index in [1.165, 1.54) is 11.3 Å². The molecule has 0 radical (unpaired) electrons. The zero-order chi connectivity index (χ0) is 15.4. The summed E-state index contributed by atoms with van der Waals surface area (Å²) in [6.45, 7) is 9.63. The molecule has 3 nitrogen and oxygen atoms in total. The first-order valence-corrected chi connectivity index (χ1v) is 7.43. The number of nitrogens with zero attached hydrogens (tertiary/aromatic N) is 1. The van der Waals surface area contributed by atoms with Gasteiger partial charge in [-0.2, -0.15) is 4.58 Å². The van der Waals surface area contributed by atoms with E-state index in [0.29, 0.717) is 5.46 Å². The summed E-state index contributed by atoms with van der Waals surface area (Å²) in [5.74, 6) is 0. The molecule has 0 unspecified atom stereocenters. The molecule has 1 heterocycles. The third-order valence-electron chi connectivity index (χ3n) is 4.88. The van der Waals surface area contributed by atoms with Crippen molar-refractivity contribution in [3.63, 3.8) is 0 Å². The van der Waals surface area contributed by atoms with Crippen molar-refractivity contribution in [2.45, 2.75) is 33.1 Å². The Kier molecular flexibility index (Phi) is 4.40. The van der Waals surface area contributed by atoms with Crippen LogP contribution in [0.4, 0.5) is 5.69 Å². The highest BCUT2D eigenvalue weighted by Crippen LogP contribution is 2.43. The summed E-state index contributed by atoms with van der Waals surface area (Å²) in [6.07, 6.45) is 0. The molecule has 3 rings (SSSR count). The quantitative estimate of drug-likeness (QED) is 0.548. The maximum Gasteiger partial charge on any atom is 0.489 e. The first-order chi connectivity index (χ1) is 9.89. The molecule has 1 aliphatic heterocycles. The molecule has 0 fully saturated rings. The third kappa shape index (κ3) is 2.18. The van der Waals surface area contributed by atoms with Crippen LogP contribution in [0, 0.1) is 0 Å². The Morgan fingerprint density at radius 3 is 2.27 bits per heavy atom. The highest BCUT2D eigenvalue weighted by Gasteiger charge is 2.44. The minimum absolute atomic E-state index is 0. The molecule has 2 N–H and O–H groups in total. The van der Waals surface area contributed by atoms with Crippen LogP contribution >= 0.6 is 0 Å². The lowest BCUT2D eigenvalue weighted by atomic mass is 9.72. The summed E-state index contributed by atoms with van der Waals surface area (Å²) in [6, 6.07) is 9.93. The second-order valence-corrected chi connectivity index (χ2v) is 6.23. The fraction of sp³-hybridized carbons (Fsp3) is 0.353. The molecule has 22 heavy (non-hydrogen) atoms. The Morgan fingerprint density at radius 1 is 1.14 bits per heavy atom. The van der Waals surface area contributed by atoms with Crippen molar-refractivity contribution in [3.05, 3.63) is 35.9 Å². The zero-order valence-corrected chi connectivity index (χ0v) is 14.1. The van der Waals surface area contributed by atoms with Crippen molar-refractivity contribution in [1.82, 2.24) is 0 Å². The molecular formula is C17H21BClNO2. The third-order valence-corrected chi connectivity index (χ3v) is 4.88. The molecule has 2 aromatic carbocycles. The Labute approximate surface area is 137 Å². The summed E-state index contributed by atoms with van der Waals surface area (Å²) in [5.41, 5.74) is 4.20. The van der Waals surface area contributed by atoms with E-state index >= 15 is 0 Å². The maximum absolute atomic E-state index is 9.74. The van der Waals surface area contributed by atoms with Gasteiger partial charge in [-0.05, 0) is 37.0 Å². The second-order valence-electron chi connectivity index (χ2n) is 6.23. The summed E-state index contributed by atoms with van der Waals surface area (Å²) in [7, 11) is -1.46. The number of hydrogen-bond acceptors (Lipinski definition) is 2. The van der Waals surface area contributed by atoms with Gasteiger partial charge in [0.05, 0.1) is 5.41 Å². The van der Waals surface area contributed by atoms with Crippen LogP contribution in [0.5, 0.6) is 0 Å². The van der Waals surface area contributed by atoms with Crippen LogP contribution in [0.15, 0.2) is 30.3 Å². The lowest BCUT2D eigenvalue weighted by Crippen LogP contribution is -3.00. The molecular weight excluding hydrogens is 296 g/mol. The topological polar surface area (TPSA) is 43.5 Å². The predicted molar refractivity (Wildman–Crippen MR) is 87.9 cm³/mol. The first kappa shape index (κ1) is 17.0. The van der Waals surface area contributed by atoms with Crippen molar-refractivity contribution in [3.8, 4) is 0 Å². The van der Waals surface area contributed by atoms with E-state index in [0.717, 1.165) is 23.0 Å². The average molecular weight is 318 g/mol. The smallest absolute Gasteiger partial charge is 0.489 e. The minimum Gasteiger partial charge on any atom is -1.00 e. The Balaban J connectivity index is 0.00000176. The number of benzene rings is 2. The molecule has 2 aromatic rings. The molecule has 0 bridgehead atoms. The van der Waals surface area contributed by atoms with Gasteiger partial charge in [-0.1, -0.05) is 24.3 Å². The van der Waals surface area contributed by atoms with Crippen molar-refractivity contribution >= 4 is 34.8 Å². The molecule has 0 spiro atoms. The first-order valence-electron chi connectivity index (χ1n) is 7.43. The second kappa shape index (κ2) is 5.69. The van der Waals surface area contributed by atoms with Crippen LogP contribution in [0.2, 0.25) is 0 Å². The molecule has 5 heteroatoms. The molecule has 0 aromatic heterocycles. The Hall–Kier alpha value is -1.36. The van der Waals surface area contributed by atoms with Crippen LogP contribution in [0.1, 0.15) is 33.3 Å². The largest absolute Gasteiger partial charge is 1.00 e. The van der Waals surface area contributed by atoms with Crippen molar-refractivity contribution in [1.29, 1.82) is 0 Å². The number of fused-ring (bicyclic) bond motifs is 3. The van der Waals surface area contributed by atoms with Gasteiger partial charge in [-0.15, -0.1) is 0 Å². The van der Waals surface area contributed by atoms with Crippen LogP contribution in [0.25, 0.3) is 10.8 Å². The highest BCUT2D eigenvalue weighted by molar-refractivity contribution is 6.62.